The summed E-state index contributed by atoms with van der Waals surface area (Å²) in [5.74, 6) is 0. The first kappa shape index (κ1) is 13.8. The van der Waals surface area contributed by atoms with Crippen LogP contribution in [0.3, 0.4) is 0 Å². The van der Waals surface area contributed by atoms with Gasteiger partial charge in [-0.15, -0.1) is 0 Å². The van der Waals surface area contributed by atoms with Crippen LogP contribution in [0.4, 0.5) is 5.69 Å². The van der Waals surface area contributed by atoms with Crippen molar-refractivity contribution in [2.75, 3.05) is 38.3 Å². The number of aromatic nitrogens is 1. The first-order valence-electron chi connectivity index (χ1n) is 6.67. The summed E-state index contributed by atoms with van der Waals surface area (Å²) in [5.41, 5.74) is 1.38. The summed E-state index contributed by atoms with van der Waals surface area (Å²) in [6, 6.07) is 6.48. The Bertz CT molecular complexity index is 437. The predicted molar refractivity (Wildman–Crippen MR) is 74.1 cm³/mol. The molecule has 1 N–H and O–H groups in total. The summed E-state index contributed by atoms with van der Waals surface area (Å²) in [6.45, 7) is 3.40. The highest BCUT2D eigenvalue weighted by atomic mass is 16.5. The summed E-state index contributed by atoms with van der Waals surface area (Å²) < 4.78 is 5.17. The van der Waals surface area contributed by atoms with Gasteiger partial charge in [0.1, 0.15) is 6.07 Å². The highest BCUT2D eigenvalue weighted by Gasteiger charge is 2.20. The number of pyridine rings is 1. The lowest BCUT2D eigenvalue weighted by Gasteiger charge is -2.28. The van der Waals surface area contributed by atoms with Gasteiger partial charge < -0.3 is 15.0 Å². The number of anilines is 1. The fraction of sp³-hybridized carbons (Fsp3) is 0.571. The number of methoxy groups -OCH3 is 1. The number of nitrogens with one attached hydrogen (secondary N) is 1. The summed E-state index contributed by atoms with van der Waals surface area (Å²) in [4.78, 5) is 6.33. The van der Waals surface area contributed by atoms with E-state index in [1.165, 1.54) is 12.8 Å². The molecule has 1 unspecified atom stereocenters. The molecule has 1 aliphatic rings. The number of hydrogen-bond acceptors (Lipinski definition) is 5. The molecule has 0 spiro atoms. The van der Waals surface area contributed by atoms with Gasteiger partial charge in [0.15, 0.2) is 5.69 Å². The molecule has 1 fully saturated rings. The first-order valence-corrected chi connectivity index (χ1v) is 6.67. The molecule has 0 aromatic carbocycles. The van der Waals surface area contributed by atoms with Crippen LogP contribution in [-0.2, 0) is 4.74 Å². The van der Waals surface area contributed by atoms with Crippen LogP contribution in [0.1, 0.15) is 18.5 Å². The normalized spacial score (nSPS) is 18.2. The van der Waals surface area contributed by atoms with Gasteiger partial charge in [0.25, 0.3) is 0 Å². The van der Waals surface area contributed by atoms with Crippen molar-refractivity contribution in [3.63, 3.8) is 0 Å². The highest BCUT2D eigenvalue weighted by molar-refractivity contribution is 5.55. The van der Waals surface area contributed by atoms with Gasteiger partial charge in [-0.25, -0.2) is 4.98 Å². The molecule has 0 aliphatic carbocycles. The Kier molecular flexibility index (Phi) is 5.13. The minimum Gasteiger partial charge on any atom is -0.383 e. The van der Waals surface area contributed by atoms with E-state index in [9.17, 15) is 0 Å². The molecule has 1 saturated heterocycles. The van der Waals surface area contributed by atoms with Gasteiger partial charge in [0.2, 0.25) is 0 Å². The topological polar surface area (TPSA) is 61.2 Å². The Balaban J connectivity index is 2.13. The van der Waals surface area contributed by atoms with Crippen molar-refractivity contribution < 1.29 is 4.74 Å². The standard InChI is InChI=1S/C14H20N4O/c1-19-9-8-18(11-12-4-2-6-16-12)14-5-3-7-17-13(14)10-15/h3,5,7,12,16H,2,4,6,8-9,11H2,1H3. The number of nitriles is 1. The van der Waals surface area contributed by atoms with Gasteiger partial charge in [-0.3, -0.25) is 0 Å². The maximum absolute atomic E-state index is 9.17. The SMILES string of the molecule is COCCN(CC1CCCN1)c1cccnc1C#N. The average molecular weight is 260 g/mol. The largest absolute Gasteiger partial charge is 0.383 e. The lowest BCUT2D eigenvalue weighted by atomic mass is 10.2. The van der Waals surface area contributed by atoms with Crippen LogP contribution in [0.5, 0.6) is 0 Å². The van der Waals surface area contributed by atoms with Gasteiger partial charge in [0.05, 0.1) is 12.3 Å². The summed E-state index contributed by atoms with van der Waals surface area (Å²) in [7, 11) is 1.69. The minimum atomic E-state index is 0.483. The van der Waals surface area contributed by atoms with Crippen molar-refractivity contribution in [1.82, 2.24) is 10.3 Å². The lowest BCUT2D eigenvalue weighted by Crippen LogP contribution is -2.39. The van der Waals surface area contributed by atoms with Crippen molar-refractivity contribution in [1.29, 1.82) is 5.26 Å². The minimum absolute atomic E-state index is 0.483. The van der Waals surface area contributed by atoms with Crippen LogP contribution in [0.25, 0.3) is 0 Å². The van der Waals surface area contributed by atoms with E-state index < -0.39 is 0 Å². The molecule has 0 saturated carbocycles. The molecule has 102 valence electrons. The molecule has 2 rings (SSSR count). The Morgan fingerprint density at radius 2 is 2.53 bits per heavy atom. The van der Waals surface area contributed by atoms with E-state index in [0.29, 0.717) is 18.3 Å². The number of ether oxygens (including phenoxy) is 1. The van der Waals surface area contributed by atoms with Crippen molar-refractivity contribution >= 4 is 5.69 Å². The Morgan fingerprint density at radius 1 is 1.63 bits per heavy atom. The van der Waals surface area contributed by atoms with E-state index in [0.717, 1.165) is 25.3 Å². The third-order valence-corrected chi connectivity index (χ3v) is 3.40. The Morgan fingerprint density at radius 3 is 3.21 bits per heavy atom. The molecule has 0 radical (unpaired) electrons. The fourth-order valence-electron chi connectivity index (χ4n) is 2.43. The zero-order chi connectivity index (χ0) is 13.5. The molecule has 19 heavy (non-hydrogen) atoms. The van der Waals surface area contributed by atoms with E-state index in [4.69, 9.17) is 10.00 Å². The van der Waals surface area contributed by atoms with Crippen LogP contribution in [-0.4, -0.2) is 44.4 Å². The second kappa shape index (κ2) is 7.07. The fourth-order valence-corrected chi connectivity index (χ4v) is 2.43. The predicted octanol–water partition coefficient (Wildman–Crippen LogP) is 1.16. The van der Waals surface area contributed by atoms with Gasteiger partial charge in [-0.1, -0.05) is 0 Å². The van der Waals surface area contributed by atoms with E-state index in [1.54, 1.807) is 13.3 Å². The summed E-state index contributed by atoms with van der Waals surface area (Å²) in [6.07, 6.45) is 4.07. The van der Waals surface area contributed by atoms with Crippen LogP contribution in [0.15, 0.2) is 18.3 Å². The van der Waals surface area contributed by atoms with Crippen molar-refractivity contribution in [3.8, 4) is 6.07 Å². The van der Waals surface area contributed by atoms with E-state index in [-0.39, 0.29) is 0 Å². The van der Waals surface area contributed by atoms with E-state index in [1.807, 2.05) is 12.1 Å². The van der Waals surface area contributed by atoms with Crippen LogP contribution < -0.4 is 10.2 Å². The van der Waals surface area contributed by atoms with E-state index >= 15 is 0 Å². The molecular formula is C14H20N4O. The van der Waals surface area contributed by atoms with E-state index in [2.05, 4.69) is 21.3 Å². The summed E-state index contributed by atoms with van der Waals surface area (Å²) >= 11 is 0. The zero-order valence-electron chi connectivity index (χ0n) is 11.3. The monoisotopic (exact) mass is 260 g/mol. The Hall–Kier alpha value is -1.64. The first-order chi connectivity index (χ1) is 9.35. The molecule has 5 heteroatoms. The van der Waals surface area contributed by atoms with Crippen LogP contribution in [0, 0.1) is 11.3 Å². The maximum Gasteiger partial charge on any atom is 0.163 e. The maximum atomic E-state index is 9.17. The van der Waals surface area contributed by atoms with Crippen LogP contribution in [0.2, 0.25) is 0 Å². The highest BCUT2D eigenvalue weighted by Crippen LogP contribution is 2.19. The van der Waals surface area contributed by atoms with Gasteiger partial charge in [-0.05, 0) is 31.5 Å². The quantitative estimate of drug-likeness (QED) is 0.831. The molecule has 1 aromatic rings. The molecule has 0 amide bonds. The third-order valence-electron chi connectivity index (χ3n) is 3.40. The molecule has 1 atom stereocenters. The second-order valence-corrected chi connectivity index (χ2v) is 4.72. The van der Waals surface area contributed by atoms with Crippen molar-refractivity contribution in [2.45, 2.75) is 18.9 Å². The van der Waals surface area contributed by atoms with Gasteiger partial charge in [0, 0.05) is 32.4 Å². The van der Waals surface area contributed by atoms with Crippen molar-refractivity contribution in [2.24, 2.45) is 0 Å². The summed E-state index contributed by atoms with van der Waals surface area (Å²) in [5, 5.41) is 12.7. The van der Waals surface area contributed by atoms with Gasteiger partial charge in [-0.2, -0.15) is 5.26 Å². The smallest absolute Gasteiger partial charge is 0.163 e. The Labute approximate surface area is 114 Å². The average Bonchev–Trinajstić information content (AvgIpc) is 2.96. The molecule has 0 bridgehead atoms. The number of rotatable bonds is 6. The molecular weight excluding hydrogens is 240 g/mol. The number of hydrogen-bond donors (Lipinski definition) is 1. The van der Waals surface area contributed by atoms with Gasteiger partial charge >= 0.3 is 0 Å². The van der Waals surface area contributed by atoms with Crippen LogP contribution >= 0.6 is 0 Å². The van der Waals surface area contributed by atoms with Crippen molar-refractivity contribution in [3.05, 3.63) is 24.0 Å². The lowest BCUT2D eigenvalue weighted by molar-refractivity contribution is 0.204. The zero-order valence-corrected chi connectivity index (χ0v) is 11.3. The molecule has 2 heterocycles. The molecule has 1 aromatic heterocycles. The second-order valence-electron chi connectivity index (χ2n) is 4.72. The molecule has 1 aliphatic heterocycles. The third kappa shape index (κ3) is 3.66. The molecule has 5 nitrogen and oxygen atoms in total. The number of nitrogens with zero attached hydrogens (tertiary/aromatic N) is 3.